The van der Waals surface area contributed by atoms with E-state index < -0.39 is 62.5 Å². The van der Waals surface area contributed by atoms with Crippen LogP contribution in [-0.4, -0.2) is 22.1 Å². The van der Waals surface area contributed by atoms with Gasteiger partial charge in [0.2, 0.25) is 11.2 Å². The summed E-state index contributed by atoms with van der Waals surface area (Å²) in [5.41, 5.74) is -3.45. The summed E-state index contributed by atoms with van der Waals surface area (Å²) < 4.78 is 48.1. The summed E-state index contributed by atoms with van der Waals surface area (Å²) in [7, 11) is 0. The van der Waals surface area contributed by atoms with Crippen LogP contribution in [0.2, 0.25) is 0 Å². The largest absolute Gasteiger partial charge is 0.462 e. The van der Waals surface area contributed by atoms with Gasteiger partial charge in [-0.1, -0.05) is 6.07 Å². The molecular weight excluding hydrogens is 393 g/mol. The van der Waals surface area contributed by atoms with Crippen molar-refractivity contribution in [2.45, 2.75) is 13.5 Å². The van der Waals surface area contributed by atoms with Crippen LogP contribution in [0.25, 0.3) is 10.9 Å². The average Bonchev–Trinajstić information content (AvgIpc) is 2.66. The number of esters is 1. The number of halogens is 3. The van der Waals surface area contributed by atoms with Gasteiger partial charge in [-0.2, -0.15) is 4.39 Å². The number of benzene rings is 2. The van der Waals surface area contributed by atoms with E-state index in [0.29, 0.717) is 0 Å². The van der Waals surface area contributed by atoms with Gasteiger partial charge in [0, 0.05) is 11.8 Å². The first-order valence-corrected chi connectivity index (χ1v) is 8.36. The lowest BCUT2D eigenvalue weighted by Gasteiger charge is -2.14. The Bertz CT molecular complexity index is 1190. The monoisotopic (exact) mass is 406 g/mol. The van der Waals surface area contributed by atoms with Gasteiger partial charge in [0.1, 0.15) is 22.6 Å². The quantitative estimate of drug-likeness (QED) is 0.367. The maximum absolute atomic E-state index is 14.1. The molecule has 2 aromatic carbocycles. The van der Waals surface area contributed by atoms with Crippen LogP contribution in [0.1, 0.15) is 22.8 Å². The Kier molecular flexibility index (Phi) is 5.35. The molecule has 7 nitrogen and oxygen atoms in total. The molecule has 0 saturated heterocycles. The van der Waals surface area contributed by atoms with Crippen molar-refractivity contribution in [3.63, 3.8) is 0 Å². The van der Waals surface area contributed by atoms with Crippen molar-refractivity contribution in [3.8, 4) is 0 Å². The summed E-state index contributed by atoms with van der Waals surface area (Å²) in [6.45, 7) is 0.877. The standard InChI is InChI=1S/C19H13F3N2O5/c1-2-29-19(26)11-9-23(8-10-12(20)4-3-5-13(10)21)15-7-6-14(22)17(24(27)28)16(15)18(11)25/h3-7,9H,2,8H2,1H3. The summed E-state index contributed by atoms with van der Waals surface area (Å²) in [5.74, 6) is -4.18. The first kappa shape index (κ1) is 20.1. The molecule has 150 valence electrons. The number of rotatable bonds is 5. The third kappa shape index (κ3) is 3.56. The van der Waals surface area contributed by atoms with Crippen LogP contribution in [0.15, 0.2) is 41.3 Å². The Labute approximate surface area is 161 Å². The molecule has 0 unspecified atom stereocenters. The SMILES string of the molecule is CCOC(=O)c1cn(Cc2c(F)cccc2F)c2ccc(F)c([N+](=O)[O-])c2c1=O. The zero-order chi connectivity index (χ0) is 21.3. The van der Waals surface area contributed by atoms with Gasteiger partial charge < -0.3 is 9.30 Å². The number of nitrogens with zero attached hydrogens (tertiary/aromatic N) is 2. The predicted molar refractivity (Wildman–Crippen MR) is 96.2 cm³/mol. The van der Waals surface area contributed by atoms with Crippen LogP contribution < -0.4 is 5.43 Å². The number of hydrogen-bond acceptors (Lipinski definition) is 5. The molecule has 0 fully saturated rings. The highest BCUT2D eigenvalue weighted by Gasteiger charge is 2.27. The molecule has 0 N–H and O–H groups in total. The number of carbonyl (C=O) groups excluding carboxylic acids is 1. The summed E-state index contributed by atoms with van der Waals surface area (Å²) in [6.07, 6.45) is 0.982. The normalized spacial score (nSPS) is 10.9. The van der Waals surface area contributed by atoms with Gasteiger partial charge in [0.25, 0.3) is 0 Å². The molecule has 0 radical (unpaired) electrons. The van der Waals surface area contributed by atoms with E-state index in [2.05, 4.69) is 0 Å². The predicted octanol–water partition coefficient (Wildman–Crippen LogP) is 3.55. The van der Waals surface area contributed by atoms with E-state index in [1.54, 1.807) is 0 Å². The van der Waals surface area contributed by atoms with Gasteiger partial charge in [-0.15, -0.1) is 0 Å². The molecule has 0 atom stereocenters. The lowest BCUT2D eigenvalue weighted by atomic mass is 10.1. The maximum Gasteiger partial charge on any atom is 0.343 e. The van der Waals surface area contributed by atoms with Crippen molar-refractivity contribution in [2.75, 3.05) is 6.61 Å². The molecule has 1 heterocycles. The lowest BCUT2D eigenvalue weighted by molar-refractivity contribution is -0.385. The minimum absolute atomic E-state index is 0.0938. The molecule has 0 aliphatic carbocycles. The second kappa shape index (κ2) is 7.74. The fraction of sp³-hybridized carbons (Fsp3) is 0.158. The Balaban J connectivity index is 2.39. The smallest absolute Gasteiger partial charge is 0.343 e. The van der Waals surface area contributed by atoms with Crippen molar-refractivity contribution in [2.24, 2.45) is 0 Å². The minimum Gasteiger partial charge on any atom is -0.462 e. The van der Waals surface area contributed by atoms with E-state index in [0.717, 1.165) is 41.1 Å². The van der Waals surface area contributed by atoms with Gasteiger partial charge in [-0.05, 0) is 31.2 Å². The van der Waals surface area contributed by atoms with Crippen molar-refractivity contribution in [1.82, 2.24) is 4.57 Å². The number of nitro benzene ring substituents is 1. The van der Waals surface area contributed by atoms with Crippen LogP contribution >= 0.6 is 0 Å². The van der Waals surface area contributed by atoms with Gasteiger partial charge in [0.15, 0.2) is 0 Å². The Morgan fingerprint density at radius 3 is 2.38 bits per heavy atom. The zero-order valence-corrected chi connectivity index (χ0v) is 14.9. The highest BCUT2D eigenvalue weighted by molar-refractivity contribution is 5.97. The number of ether oxygens (including phenoxy) is 1. The summed E-state index contributed by atoms with van der Waals surface area (Å²) in [4.78, 5) is 35.2. The van der Waals surface area contributed by atoms with Crippen LogP contribution in [0.5, 0.6) is 0 Å². The van der Waals surface area contributed by atoms with E-state index in [1.807, 2.05) is 0 Å². The molecule has 0 saturated carbocycles. The Morgan fingerprint density at radius 1 is 1.14 bits per heavy atom. The zero-order valence-electron chi connectivity index (χ0n) is 14.9. The topological polar surface area (TPSA) is 91.4 Å². The molecule has 0 bridgehead atoms. The van der Waals surface area contributed by atoms with Crippen LogP contribution in [-0.2, 0) is 11.3 Å². The number of hydrogen-bond donors (Lipinski definition) is 0. The average molecular weight is 406 g/mol. The van der Waals surface area contributed by atoms with Gasteiger partial charge in [0.05, 0.1) is 23.6 Å². The third-order valence-electron chi connectivity index (χ3n) is 4.24. The van der Waals surface area contributed by atoms with E-state index in [4.69, 9.17) is 4.74 Å². The Morgan fingerprint density at radius 2 is 1.79 bits per heavy atom. The Hall–Kier alpha value is -3.69. The molecule has 29 heavy (non-hydrogen) atoms. The van der Waals surface area contributed by atoms with Gasteiger partial charge >= 0.3 is 11.7 Å². The molecule has 1 aromatic heterocycles. The number of nitro groups is 1. The van der Waals surface area contributed by atoms with Crippen LogP contribution in [0.3, 0.4) is 0 Å². The van der Waals surface area contributed by atoms with E-state index in [9.17, 15) is 32.9 Å². The molecule has 0 aliphatic heterocycles. The number of carbonyl (C=O) groups is 1. The van der Waals surface area contributed by atoms with Crippen LogP contribution in [0, 0.1) is 27.6 Å². The molecule has 0 amide bonds. The third-order valence-corrected chi connectivity index (χ3v) is 4.24. The number of fused-ring (bicyclic) bond motifs is 1. The fourth-order valence-corrected chi connectivity index (χ4v) is 2.95. The summed E-state index contributed by atoms with van der Waals surface area (Å²) in [6, 6.07) is 5.00. The lowest BCUT2D eigenvalue weighted by Crippen LogP contribution is -2.22. The van der Waals surface area contributed by atoms with Crippen molar-refractivity contribution >= 4 is 22.6 Å². The second-order valence-electron chi connectivity index (χ2n) is 5.97. The number of pyridine rings is 1. The van der Waals surface area contributed by atoms with E-state index >= 15 is 0 Å². The van der Waals surface area contributed by atoms with Gasteiger partial charge in [-0.25, -0.2) is 13.6 Å². The highest BCUT2D eigenvalue weighted by atomic mass is 19.1. The van der Waals surface area contributed by atoms with E-state index in [1.165, 1.54) is 6.92 Å². The molecule has 3 rings (SSSR count). The fourth-order valence-electron chi connectivity index (χ4n) is 2.95. The molecule has 0 aliphatic rings. The molecular formula is C19H13F3N2O5. The van der Waals surface area contributed by atoms with Gasteiger partial charge in [-0.3, -0.25) is 14.9 Å². The number of aromatic nitrogens is 1. The van der Waals surface area contributed by atoms with E-state index in [-0.39, 0.29) is 12.1 Å². The summed E-state index contributed by atoms with van der Waals surface area (Å²) in [5, 5.41) is 10.7. The summed E-state index contributed by atoms with van der Waals surface area (Å²) >= 11 is 0. The van der Waals surface area contributed by atoms with Crippen molar-refractivity contribution in [3.05, 3.63) is 85.4 Å². The first-order chi connectivity index (χ1) is 13.8. The highest BCUT2D eigenvalue weighted by Crippen LogP contribution is 2.28. The maximum atomic E-state index is 14.1. The second-order valence-corrected chi connectivity index (χ2v) is 5.97. The van der Waals surface area contributed by atoms with Crippen molar-refractivity contribution < 1.29 is 27.6 Å². The molecule has 3 aromatic rings. The first-order valence-electron chi connectivity index (χ1n) is 8.36. The van der Waals surface area contributed by atoms with Crippen molar-refractivity contribution in [1.29, 1.82) is 0 Å². The molecule has 0 spiro atoms. The minimum atomic E-state index is -1.29. The molecule has 10 heteroatoms. The van der Waals surface area contributed by atoms with Crippen LogP contribution in [0.4, 0.5) is 18.9 Å².